The molecule has 264 valence electrons. The summed E-state index contributed by atoms with van der Waals surface area (Å²) in [6.45, 7) is 4.44. The van der Waals surface area contributed by atoms with Crippen LogP contribution in [0.2, 0.25) is 0 Å². The van der Waals surface area contributed by atoms with Crippen LogP contribution in [0.25, 0.3) is 11.2 Å². The first kappa shape index (κ1) is 38.2. The van der Waals surface area contributed by atoms with Gasteiger partial charge in [-0.05, 0) is 41.5 Å². The van der Waals surface area contributed by atoms with Crippen LogP contribution in [0.5, 0.6) is 5.88 Å². The summed E-state index contributed by atoms with van der Waals surface area (Å²) in [4.78, 5) is 49.6. The van der Waals surface area contributed by atoms with E-state index < -0.39 is 79.7 Å². The number of rotatable bonds is 15. The second-order valence-electron chi connectivity index (χ2n) is 11.2. The Bertz CT molecular complexity index is 1480. The largest absolute Gasteiger partial charge is 0.479 e. The average Bonchev–Trinajstić information content (AvgIpc) is 3.49. The van der Waals surface area contributed by atoms with Crippen molar-refractivity contribution in [2.24, 2.45) is 0 Å². The van der Waals surface area contributed by atoms with E-state index in [1.54, 1.807) is 27.7 Å². The number of nitrogens with one attached hydrogen (secondary N) is 2. The van der Waals surface area contributed by atoms with Crippen molar-refractivity contribution in [3.63, 3.8) is 0 Å². The zero-order chi connectivity index (χ0) is 35.3. The number of carbonyl (C=O) groups excluding carboxylic acids is 3. The maximum absolute atomic E-state index is 14.2. The minimum atomic E-state index is -4.19. The minimum absolute atomic E-state index is 0.0794. The highest BCUT2D eigenvalue weighted by Crippen LogP contribution is 2.57. The fraction of sp³-hybridized carbons (Fsp3) is 0.692. The van der Waals surface area contributed by atoms with Crippen LogP contribution in [0, 0.1) is 0 Å². The highest BCUT2D eigenvalue weighted by molar-refractivity contribution is 8.56. The number of amides is 1. The van der Waals surface area contributed by atoms with Gasteiger partial charge in [0.05, 0.1) is 39.4 Å². The van der Waals surface area contributed by atoms with Crippen molar-refractivity contribution in [1.29, 1.82) is 0 Å². The van der Waals surface area contributed by atoms with Crippen LogP contribution < -0.4 is 20.9 Å². The molecule has 7 unspecified atom stereocenters. The molecule has 1 saturated heterocycles. The van der Waals surface area contributed by atoms with Gasteiger partial charge in [0.25, 0.3) is 0 Å². The number of ether oxygens (including phenoxy) is 5. The molecule has 3 heterocycles. The van der Waals surface area contributed by atoms with Crippen LogP contribution in [0.4, 0.5) is 10.7 Å². The molecule has 0 bridgehead atoms. The van der Waals surface area contributed by atoms with Gasteiger partial charge in [0, 0.05) is 5.75 Å². The number of aliphatic hydroxyl groups excluding tert-OH is 1. The number of imidazole rings is 1. The van der Waals surface area contributed by atoms with Crippen molar-refractivity contribution in [2.45, 2.75) is 89.9 Å². The summed E-state index contributed by atoms with van der Waals surface area (Å²) >= 11 is 0.579. The number of fused-ring (bicyclic) bond motifs is 1. The molecule has 0 saturated carbocycles. The highest BCUT2D eigenvalue weighted by Gasteiger charge is 2.54. The monoisotopic (exact) mass is 707 g/mol. The Morgan fingerprint density at radius 1 is 1.15 bits per heavy atom. The average molecular weight is 708 g/mol. The first-order chi connectivity index (χ1) is 21.9. The van der Waals surface area contributed by atoms with Gasteiger partial charge in [-0.15, -0.1) is 0 Å². The van der Waals surface area contributed by atoms with Crippen molar-refractivity contribution in [1.82, 2.24) is 29.9 Å². The van der Waals surface area contributed by atoms with Crippen molar-refractivity contribution >= 4 is 53.2 Å². The zero-order valence-corrected chi connectivity index (χ0v) is 28.9. The van der Waals surface area contributed by atoms with Gasteiger partial charge >= 0.3 is 24.8 Å². The van der Waals surface area contributed by atoms with Gasteiger partial charge in [0.1, 0.15) is 29.9 Å². The first-order valence-electron chi connectivity index (χ1n) is 14.4. The predicted molar refractivity (Wildman–Crippen MR) is 167 cm³/mol. The first-order valence-corrected chi connectivity index (χ1v) is 17.7. The number of hydrogen-bond donors (Lipinski definition) is 5. The lowest BCUT2D eigenvalue weighted by Gasteiger charge is -2.27. The lowest BCUT2D eigenvalue weighted by atomic mass is 9.96. The molecule has 1 aliphatic heterocycles. The van der Waals surface area contributed by atoms with E-state index in [4.69, 9.17) is 29.2 Å². The zero-order valence-electron chi connectivity index (χ0n) is 27.2. The third kappa shape index (κ3) is 9.43. The van der Waals surface area contributed by atoms with Crippen LogP contribution >= 0.6 is 18.1 Å². The van der Waals surface area contributed by atoms with Gasteiger partial charge in [0.15, 0.2) is 17.4 Å². The Morgan fingerprint density at radius 2 is 1.79 bits per heavy atom. The molecule has 21 heteroatoms. The van der Waals surface area contributed by atoms with Gasteiger partial charge in [-0.1, -0.05) is 11.4 Å². The van der Waals surface area contributed by atoms with Crippen molar-refractivity contribution in [3.8, 4) is 5.88 Å². The lowest BCUT2D eigenvalue weighted by Crippen LogP contribution is -2.45. The SMILES string of the molecule is COC(=O)NC(CSP(=O)(NC(C)C(=O)OC(C)C)OCC1OC(n2cnc3c(OC)nc(N)nc32)C(C)(O)C1O)C(=O)OC(C)C. The van der Waals surface area contributed by atoms with Gasteiger partial charge in [-0.3, -0.25) is 13.9 Å². The van der Waals surface area contributed by atoms with E-state index in [2.05, 4.69) is 30.1 Å². The van der Waals surface area contributed by atoms with E-state index in [-0.39, 0.29) is 28.7 Å². The molecule has 2 aromatic heterocycles. The molecule has 0 aliphatic carbocycles. The molecule has 2 aromatic rings. The summed E-state index contributed by atoms with van der Waals surface area (Å²) in [6.07, 6.45) is -4.80. The Labute approximate surface area is 274 Å². The van der Waals surface area contributed by atoms with Gasteiger partial charge in [0.2, 0.25) is 11.8 Å². The van der Waals surface area contributed by atoms with Crippen molar-refractivity contribution in [2.75, 3.05) is 32.3 Å². The number of alkyl carbamates (subject to hydrolysis) is 1. The Kier molecular flexibility index (Phi) is 12.8. The highest BCUT2D eigenvalue weighted by atomic mass is 32.7. The maximum atomic E-state index is 14.2. The Morgan fingerprint density at radius 3 is 2.38 bits per heavy atom. The van der Waals surface area contributed by atoms with Crippen LogP contribution in [0.15, 0.2) is 6.33 Å². The van der Waals surface area contributed by atoms with E-state index in [0.29, 0.717) is 11.4 Å². The van der Waals surface area contributed by atoms with Gasteiger partial charge in [-0.25, -0.2) is 19.7 Å². The number of anilines is 1. The summed E-state index contributed by atoms with van der Waals surface area (Å²) in [5, 5.41) is 27.4. The van der Waals surface area contributed by atoms with Crippen LogP contribution in [-0.2, 0) is 37.6 Å². The number of nitrogens with zero attached hydrogens (tertiary/aromatic N) is 4. The molecule has 0 aromatic carbocycles. The Balaban J connectivity index is 1.86. The molecule has 1 fully saturated rings. The number of carbonyl (C=O) groups is 3. The van der Waals surface area contributed by atoms with Crippen molar-refractivity contribution < 1.29 is 57.4 Å². The topological polar surface area (TPSA) is 258 Å². The number of nitrogens with two attached hydrogens (primary N) is 1. The number of esters is 2. The standard InChI is InChI=1S/C26H42N7O12PS/c1-12(2)43-21(35)14(5)32-46(39,47-10-15(29-25(37)41-8)22(36)44-13(3)4)42-9-16-18(34)26(6,38)23(45-16)33-11-28-17-19(33)30-24(27)31-20(17)40-7/h11-16,18,23,34,38H,9-10H2,1-8H3,(H,29,37)(H,32,39)(H2,27,30,31). The molecule has 0 radical (unpaired) electrons. The van der Waals surface area contributed by atoms with E-state index in [0.717, 1.165) is 7.11 Å². The summed E-state index contributed by atoms with van der Waals surface area (Å²) in [7, 11) is 2.47. The molecule has 1 amide bonds. The predicted octanol–water partition coefficient (Wildman–Crippen LogP) is 0.890. The lowest BCUT2D eigenvalue weighted by molar-refractivity contribution is -0.150. The van der Waals surface area contributed by atoms with E-state index in [1.165, 1.54) is 31.9 Å². The van der Waals surface area contributed by atoms with Crippen LogP contribution in [-0.4, -0.2) is 116 Å². The molecule has 0 spiro atoms. The van der Waals surface area contributed by atoms with E-state index in [1.807, 2.05) is 0 Å². The molecule has 19 nitrogen and oxygen atoms in total. The molecule has 3 rings (SSSR count). The van der Waals surface area contributed by atoms with E-state index >= 15 is 0 Å². The number of hydrogen-bond acceptors (Lipinski definition) is 17. The van der Waals surface area contributed by atoms with Gasteiger partial charge < -0.3 is 49.5 Å². The fourth-order valence-electron chi connectivity index (χ4n) is 4.36. The summed E-state index contributed by atoms with van der Waals surface area (Å²) in [5.74, 6) is -1.98. The number of nitrogen functional groups attached to an aromatic ring is 1. The van der Waals surface area contributed by atoms with Gasteiger partial charge in [-0.2, -0.15) is 9.97 Å². The normalized spacial score (nSPS) is 23.7. The second kappa shape index (κ2) is 15.8. The minimum Gasteiger partial charge on any atom is -0.479 e. The molecule has 1 aliphatic rings. The smallest absolute Gasteiger partial charge is 0.407 e. The third-order valence-corrected chi connectivity index (χ3v) is 10.7. The summed E-state index contributed by atoms with van der Waals surface area (Å²) in [5.41, 5.74) is 4.22. The number of methoxy groups -OCH3 is 2. The fourth-order valence-corrected chi connectivity index (χ4v) is 8.21. The molecular formula is C26H42N7O12PS. The molecule has 6 N–H and O–H groups in total. The molecule has 7 atom stereocenters. The second-order valence-corrected chi connectivity index (χ2v) is 15.5. The van der Waals surface area contributed by atoms with Crippen molar-refractivity contribution in [3.05, 3.63) is 6.33 Å². The quantitative estimate of drug-likeness (QED) is 0.0978. The Hall–Kier alpha value is -3.26. The van der Waals surface area contributed by atoms with Crippen LogP contribution in [0.3, 0.4) is 0 Å². The van der Waals surface area contributed by atoms with Crippen LogP contribution in [0.1, 0.15) is 47.8 Å². The summed E-state index contributed by atoms with van der Waals surface area (Å²) < 4.78 is 47.5. The molecular weight excluding hydrogens is 665 g/mol. The molecule has 47 heavy (non-hydrogen) atoms. The maximum Gasteiger partial charge on any atom is 0.407 e. The summed E-state index contributed by atoms with van der Waals surface area (Å²) in [6, 6.07) is -2.49. The third-order valence-electron chi connectivity index (χ3n) is 6.60. The number of aromatic nitrogens is 4. The van der Waals surface area contributed by atoms with E-state index in [9.17, 15) is 29.2 Å². The number of aliphatic hydroxyl groups is 2.